The fourth-order valence-electron chi connectivity index (χ4n) is 0.489. The fourth-order valence-corrected chi connectivity index (χ4v) is 0.489. The van der Waals surface area contributed by atoms with E-state index in [0.29, 0.717) is 0 Å². The average Bonchev–Trinajstić information content (AvgIpc) is 1.64. The summed E-state index contributed by atoms with van der Waals surface area (Å²) in [6, 6.07) is -0.856. The topological polar surface area (TPSA) is 69.6 Å². The summed E-state index contributed by atoms with van der Waals surface area (Å²) >= 11 is 0. The van der Waals surface area contributed by atoms with Crippen LogP contribution in [0.25, 0.3) is 0 Å². The largest absolute Gasteiger partial charge is 0.480 e. The Kier molecular flexibility index (Phi) is 6.76. The second kappa shape index (κ2) is 5.46. The first-order valence-electron chi connectivity index (χ1n) is 2.72. The van der Waals surface area contributed by atoms with Crippen LogP contribution in [-0.2, 0) is 4.79 Å². The molecular formula is C5H12ClNO3. The molecule has 0 saturated carbocycles. The molecule has 0 aromatic carbocycles. The van der Waals surface area contributed by atoms with Crippen molar-refractivity contribution in [2.45, 2.75) is 19.9 Å². The van der Waals surface area contributed by atoms with Gasteiger partial charge in [-0.1, -0.05) is 13.8 Å². The number of carbonyl (C=O) groups is 1. The molecule has 0 radical (unpaired) electrons. The Morgan fingerprint density at radius 2 is 1.90 bits per heavy atom. The van der Waals surface area contributed by atoms with E-state index < -0.39 is 12.0 Å². The molecule has 3 N–H and O–H groups in total. The molecule has 0 aliphatic heterocycles. The van der Waals surface area contributed by atoms with E-state index in [1.54, 1.807) is 19.3 Å². The van der Waals surface area contributed by atoms with Gasteiger partial charge in [-0.05, 0) is 5.92 Å². The quantitative estimate of drug-likeness (QED) is 0.538. The maximum absolute atomic E-state index is 10.1. The summed E-state index contributed by atoms with van der Waals surface area (Å²) in [5.74, 6) is -1.14. The zero-order valence-corrected chi connectivity index (χ0v) is 6.68. The minimum absolute atomic E-state index is 0. The van der Waals surface area contributed by atoms with Crippen LogP contribution in [0.5, 0.6) is 0 Å². The molecule has 0 aliphatic carbocycles. The predicted octanol–water partition coefficient (Wildman–Crippen LogP) is 0.496. The fraction of sp³-hybridized carbons (Fsp3) is 0.800. The number of rotatable bonds is 3. The van der Waals surface area contributed by atoms with Crippen molar-refractivity contribution in [3.05, 3.63) is 0 Å². The van der Waals surface area contributed by atoms with Crippen molar-refractivity contribution in [1.29, 1.82) is 0 Å². The third kappa shape index (κ3) is 3.66. The van der Waals surface area contributed by atoms with Gasteiger partial charge in [0.1, 0.15) is 6.04 Å². The van der Waals surface area contributed by atoms with Gasteiger partial charge in [0, 0.05) is 0 Å². The summed E-state index contributed by atoms with van der Waals surface area (Å²) in [5, 5.41) is 16.6. The number of carboxylic acid groups (broad SMARTS) is 1. The molecule has 0 bridgehead atoms. The van der Waals surface area contributed by atoms with Crippen LogP contribution in [-0.4, -0.2) is 22.3 Å². The second-order valence-corrected chi connectivity index (χ2v) is 2.19. The molecule has 0 saturated heterocycles. The van der Waals surface area contributed by atoms with Crippen LogP contribution < -0.4 is 5.48 Å². The SMILES string of the molecule is CC(C)C(NO)C(=O)O.Cl. The highest BCUT2D eigenvalue weighted by Crippen LogP contribution is 1.99. The molecule has 0 aliphatic rings. The Morgan fingerprint density at radius 1 is 1.50 bits per heavy atom. The van der Waals surface area contributed by atoms with E-state index in [1.165, 1.54) is 0 Å². The first-order valence-corrected chi connectivity index (χ1v) is 2.72. The summed E-state index contributed by atoms with van der Waals surface area (Å²) in [5.41, 5.74) is 1.70. The van der Waals surface area contributed by atoms with Gasteiger partial charge < -0.3 is 10.3 Å². The molecule has 0 aromatic rings. The average molecular weight is 170 g/mol. The van der Waals surface area contributed by atoms with Crippen LogP contribution >= 0.6 is 12.4 Å². The van der Waals surface area contributed by atoms with Crippen molar-refractivity contribution in [1.82, 2.24) is 5.48 Å². The lowest BCUT2D eigenvalue weighted by molar-refractivity contribution is -0.143. The maximum Gasteiger partial charge on any atom is 0.323 e. The van der Waals surface area contributed by atoms with Crippen molar-refractivity contribution >= 4 is 18.4 Å². The van der Waals surface area contributed by atoms with Gasteiger partial charge in [-0.25, -0.2) is 0 Å². The molecule has 62 valence electrons. The monoisotopic (exact) mass is 169 g/mol. The van der Waals surface area contributed by atoms with Gasteiger partial charge in [-0.15, -0.1) is 12.4 Å². The number of carboxylic acids is 1. The zero-order chi connectivity index (χ0) is 7.44. The van der Waals surface area contributed by atoms with Crippen LogP contribution in [0.3, 0.4) is 0 Å². The predicted molar refractivity (Wildman–Crippen MR) is 38.4 cm³/mol. The van der Waals surface area contributed by atoms with E-state index in [0.717, 1.165) is 0 Å². The van der Waals surface area contributed by atoms with Crippen LogP contribution in [0, 0.1) is 5.92 Å². The Labute approximate surface area is 65.6 Å². The minimum Gasteiger partial charge on any atom is -0.480 e. The summed E-state index contributed by atoms with van der Waals surface area (Å²) in [6.07, 6.45) is 0. The summed E-state index contributed by atoms with van der Waals surface area (Å²) in [4.78, 5) is 10.1. The van der Waals surface area contributed by atoms with E-state index in [1.807, 2.05) is 0 Å². The summed E-state index contributed by atoms with van der Waals surface area (Å²) < 4.78 is 0. The molecular weight excluding hydrogens is 158 g/mol. The highest BCUT2D eigenvalue weighted by molar-refractivity contribution is 5.85. The van der Waals surface area contributed by atoms with Crippen molar-refractivity contribution in [2.24, 2.45) is 5.92 Å². The van der Waals surface area contributed by atoms with Crippen LogP contribution in [0.4, 0.5) is 0 Å². The normalized spacial score (nSPS) is 12.4. The Bertz CT molecular complexity index is 107. The first kappa shape index (κ1) is 12.4. The molecule has 0 rings (SSSR count). The number of hydroxylamine groups is 1. The van der Waals surface area contributed by atoms with Crippen molar-refractivity contribution < 1.29 is 15.1 Å². The molecule has 0 aromatic heterocycles. The molecule has 10 heavy (non-hydrogen) atoms. The highest BCUT2D eigenvalue weighted by Gasteiger charge is 2.19. The van der Waals surface area contributed by atoms with E-state index in [9.17, 15) is 4.79 Å². The Hall–Kier alpha value is -0.320. The third-order valence-electron chi connectivity index (χ3n) is 1.07. The van der Waals surface area contributed by atoms with Gasteiger partial charge in [0.2, 0.25) is 0 Å². The van der Waals surface area contributed by atoms with E-state index in [-0.39, 0.29) is 18.3 Å². The Balaban J connectivity index is 0. The smallest absolute Gasteiger partial charge is 0.323 e. The third-order valence-corrected chi connectivity index (χ3v) is 1.07. The maximum atomic E-state index is 10.1. The standard InChI is InChI=1S/C5H11NO3.ClH/c1-3(2)4(6-9)5(7)8;/h3-4,6,9H,1-2H3,(H,7,8);1H. The number of hydrogen-bond donors (Lipinski definition) is 3. The number of halogens is 1. The lowest BCUT2D eigenvalue weighted by Crippen LogP contribution is -2.38. The van der Waals surface area contributed by atoms with Gasteiger partial charge in [0.25, 0.3) is 0 Å². The lowest BCUT2D eigenvalue weighted by Gasteiger charge is -2.12. The van der Waals surface area contributed by atoms with Crippen molar-refractivity contribution in [2.75, 3.05) is 0 Å². The number of aliphatic carboxylic acids is 1. The van der Waals surface area contributed by atoms with Gasteiger partial charge >= 0.3 is 5.97 Å². The van der Waals surface area contributed by atoms with Gasteiger partial charge in [-0.3, -0.25) is 4.79 Å². The Morgan fingerprint density at radius 3 is 1.90 bits per heavy atom. The van der Waals surface area contributed by atoms with Crippen LogP contribution in [0.15, 0.2) is 0 Å². The van der Waals surface area contributed by atoms with Gasteiger partial charge in [0.05, 0.1) is 0 Å². The molecule has 4 nitrogen and oxygen atoms in total. The second-order valence-electron chi connectivity index (χ2n) is 2.19. The molecule has 0 heterocycles. The molecule has 0 amide bonds. The van der Waals surface area contributed by atoms with Crippen LogP contribution in [0.2, 0.25) is 0 Å². The van der Waals surface area contributed by atoms with Crippen LogP contribution in [0.1, 0.15) is 13.8 Å². The summed E-state index contributed by atoms with van der Waals surface area (Å²) in [6.45, 7) is 3.42. The molecule has 0 spiro atoms. The summed E-state index contributed by atoms with van der Waals surface area (Å²) in [7, 11) is 0. The van der Waals surface area contributed by atoms with Crippen molar-refractivity contribution in [3.8, 4) is 0 Å². The lowest BCUT2D eigenvalue weighted by atomic mass is 10.1. The first-order chi connectivity index (χ1) is 4.09. The minimum atomic E-state index is -1.03. The number of hydrogen-bond acceptors (Lipinski definition) is 3. The van der Waals surface area contributed by atoms with E-state index >= 15 is 0 Å². The number of nitrogens with one attached hydrogen (secondary N) is 1. The molecule has 1 atom stereocenters. The van der Waals surface area contributed by atoms with E-state index in [4.69, 9.17) is 10.3 Å². The van der Waals surface area contributed by atoms with Gasteiger partial charge in [-0.2, -0.15) is 5.48 Å². The molecule has 1 unspecified atom stereocenters. The zero-order valence-electron chi connectivity index (χ0n) is 5.87. The van der Waals surface area contributed by atoms with E-state index in [2.05, 4.69) is 0 Å². The molecule has 0 fully saturated rings. The highest BCUT2D eigenvalue weighted by atomic mass is 35.5. The van der Waals surface area contributed by atoms with Gasteiger partial charge in [0.15, 0.2) is 0 Å². The van der Waals surface area contributed by atoms with Crippen molar-refractivity contribution in [3.63, 3.8) is 0 Å². The molecule has 5 heteroatoms.